The molecule has 0 radical (unpaired) electrons. The van der Waals surface area contributed by atoms with Crippen molar-refractivity contribution in [1.82, 2.24) is 29.5 Å². The van der Waals surface area contributed by atoms with Crippen molar-refractivity contribution in [2.75, 3.05) is 16.8 Å². The normalized spacial score (nSPS) is 16.8. The fourth-order valence-electron chi connectivity index (χ4n) is 3.50. The van der Waals surface area contributed by atoms with Crippen molar-refractivity contribution in [3.05, 3.63) is 55.2 Å². The first-order valence-electron chi connectivity index (χ1n) is 9.01. The molecule has 1 fully saturated rings. The van der Waals surface area contributed by atoms with Crippen LogP contribution in [0.15, 0.2) is 55.2 Å². The second-order valence-electron chi connectivity index (χ2n) is 6.70. The minimum Gasteiger partial charge on any atom is -0.358 e. The Morgan fingerprint density at radius 1 is 1.07 bits per heavy atom. The van der Waals surface area contributed by atoms with Crippen molar-refractivity contribution in [2.45, 2.75) is 12.5 Å². The van der Waals surface area contributed by atoms with Crippen LogP contribution in [0.2, 0.25) is 0 Å². The van der Waals surface area contributed by atoms with Crippen molar-refractivity contribution >= 4 is 28.4 Å². The first-order valence-corrected chi connectivity index (χ1v) is 9.01. The largest absolute Gasteiger partial charge is 0.358 e. The lowest BCUT2D eigenvalue weighted by Gasteiger charge is -2.15. The predicted octanol–water partition coefficient (Wildman–Crippen LogP) is 1.77. The van der Waals surface area contributed by atoms with Gasteiger partial charge in [0, 0.05) is 19.8 Å². The molecule has 1 amide bonds. The molecule has 4 heterocycles. The summed E-state index contributed by atoms with van der Waals surface area (Å²) >= 11 is 0. The van der Waals surface area contributed by atoms with Crippen LogP contribution in [-0.4, -0.2) is 48.0 Å². The Morgan fingerprint density at radius 2 is 1.93 bits per heavy atom. The average molecular weight is 374 g/mol. The van der Waals surface area contributed by atoms with E-state index in [1.54, 1.807) is 26.7 Å². The number of para-hydroxylation sites is 1. The Bertz CT molecular complexity index is 1150. The van der Waals surface area contributed by atoms with Gasteiger partial charge in [0.2, 0.25) is 5.91 Å². The van der Waals surface area contributed by atoms with Gasteiger partial charge in [-0.3, -0.25) is 9.48 Å². The first kappa shape index (κ1) is 16.4. The molecule has 0 spiro atoms. The van der Waals surface area contributed by atoms with E-state index in [2.05, 4.69) is 25.5 Å². The minimum absolute atomic E-state index is 0.00946. The molecule has 1 aromatic carbocycles. The Hall–Kier alpha value is -3.75. The molecule has 0 bridgehead atoms. The highest BCUT2D eigenvalue weighted by molar-refractivity contribution is 6.01. The van der Waals surface area contributed by atoms with E-state index in [4.69, 9.17) is 0 Å². The Kier molecular flexibility index (Phi) is 3.78. The van der Waals surface area contributed by atoms with Crippen molar-refractivity contribution in [3.63, 3.8) is 0 Å². The van der Waals surface area contributed by atoms with Crippen molar-refractivity contribution in [1.29, 1.82) is 0 Å². The van der Waals surface area contributed by atoms with E-state index in [9.17, 15) is 4.79 Å². The Morgan fingerprint density at radius 3 is 2.71 bits per heavy atom. The first-order chi connectivity index (χ1) is 13.7. The monoisotopic (exact) mass is 374 g/mol. The van der Waals surface area contributed by atoms with Crippen LogP contribution in [0.1, 0.15) is 6.42 Å². The summed E-state index contributed by atoms with van der Waals surface area (Å²) in [6, 6.07) is 9.44. The Labute approximate surface area is 160 Å². The summed E-state index contributed by atoms with van der Waals surface area (Å²) in [7, 11) is 1.84. The molecule has 9 nitrogen and oxygen atoms in total. The summed E-state index contributed by atoms with van der Waals surface area (Å²) < 4.78 is 3.45. The van der Waals surface area contributed by atoms with Crippen molar-refractivity contribution < 1.29 is 4.79 Å². The van der Waals surface area contributed by atoms with E-state index in [1.807, 2.05) is 43.6 Å². The van der Waals surface area contributed by atoms with E-state index >= 15 is 0 Å². The highest BCUT2D eigenvalue weighted by Gasteiger charge is 2.33. The molecule has 140 valence electrons. The summed E-state index contributed by atoms with van der Waals surface area (Å²) in [5.41, 5.74) is 2.42. The fraction of sp³-hybridized carbons (Fsp3) is 0.211. The van der Waals surface area contributed by atoms with Crippen LogP contribution in [0, 0.1) is 0 Å². The molecule has 5 rings (SSSR count). The second kappa shape index (κ2) is 6.45. The van der Waals surface area contributed by atoms with Crippen LogP contribution in [0.4, 0.5) is 11.5 Å². The maximum Gasteiger partial charge on any atom is 0.249 e. The summed E-state index contributed by atoms with van der Waals surface area (Å²) in [6.45, 7) is 0.639. The van der Waals surface area contributed by atoms with Gasteiger partial charge in [-0.05, 0) is 18.6 Å². The molecule has 1 saturated heterocycles. The third-order valence-corrected chi connectivity index (χ3v) is 4.89. The van der Waals surface area contributed by atoms with Crippen LogP contribution in [0.25, 0.3) is 16.7 Å². The van der Waals surface area contributed by atoms with Gasteiger partial charge in [-0.15, -0.1) is 0 Å². The molecule has 4 aromatic rings. The van der Waals surface area contributed by atoms with Gasteiger partial charge < -0.3 is 10.2 Å². The van der Waals surface area contributed by atoms with Gasteiger partial charge in [-0.25, -0.2) is 14.6 Å². The number of hydrogen-bond acceptors (Lipinski definition) is 6. The van der Waals surface area contributed by atoms with Crippen LogP contribution in [0.5, 0.6) is 0 Å². The minimum atomic E-state index is -0.349. The van der Waals surface area contributed by atoms with E-state index in [-0.39, 0.29) is 11.9 Å². The quantitative estimate of drug-likeness (QED) is 0.585. The highest BCUT2D eigenvalue weighted by Crippen LogP contribution is 2.26. The number of aryl methyl sites for hydroxylation is 1. The molecule has 1 aliphatic heterocycles. The zero-order chi connectivity index (χ0) is 19.1. The third-order valence-electron chi connectivity index (χ3n) is 4.89. The number of fused-ring (bicyclic) bond motifs is 1. The van der Waals surface area contributed by atoms with Crippen LogP contribution < -0.4 is 10.2 Å². The molecular weight excluding hydrogens is 356 g/mol. The van der Waals surface area contributed by atoms with Gasteiger partial charge in [0.25, 0.3) is 0 Å². The third kappa shape index (κ3) is 2.68. The number of aromatic nitrogens is 6. The molecule has 1 atom stereocenters. The predicted molar refractivity (Wildman–Crippen MR) is 104 cm³/mol. The number of carbonyl (C=O) groups excluding carboxylic acids is 1. The number of nitrogens with zero attached hydrogens (tertiary/aromatic N) is 7. The average Bonchev–Trinajstić information content (AvgIpc) is 3.42. The number of rotatable bonds is 4. The fourth-order valence-corrected chi connectivity index (χ4v) is 3.50. The summed E-state index contributed by atoms with van der Waals surface area (Å²) in [6.07, 6.45) is 7.44. The number of anilines is 2. The number of carbonyl (C=O) groups is 1. The standard InChI is InChI=1S/C19H18N8O/c1-25-11-14(9-22-25)26-8-7-16(19(26)28)24-17-15-10-23-27(18(15)21-12-20-17)13-5-3-2-4-6-13/h2-6,9-12,16H,7-8H2,1H3,(H,20,21,24). The molecule has 3 aromatic heterocycles. The van der Waals surface area contributed by atoms with E-state index < -0.39 is 0 Å². The van der Waals surface area contributed by atoms with Gasteiger partial charge in [0.15, 0.2) is 5.65 Å². The maximum atomic E-state index is 12.8. The van der Waals surface area contributed by atoms with Gasteiger partial charge in [-0.2, -0.15) is 10.2 Å². The summed E-state index contributed by atoms with van der Waals surface area (Å²) in [4.78, 5) is 23.3. The second-order valence-corrected chi connectivity index (χ2v) is 6.70. The lowest BCUT2D eigenvalue weighted by molar-refractivity contribution is -0.117. The molecule has 28 heavy (non-hydrogen) atoms. The van der Waals surface area contributed by atoms with E-state index in [1.165, 1.54) is 6.33 Å². The number of benzene rings is 1. The van der Waals surface area contributed by atoms with Crippen molar-refractivity contribution in [2.24, 2.45) is 7.05 Å². The molecule has 0 saturated carbocycles. The zero-order valence-corrected chi connectivity index (χ0v) is 15.2. The summed E-state index contributed by atoms with van der Waals surface area (Å²) in [5, 5.41) is 12.7. The zero-order valence-electron chi connectivity index (χ0n) is 15.2. The highest BCUT2D eigenvalue weighted by atomic mass is 16.2. The van der Waals surface area contributed by atoms with E-state index in [0.29, 0.717) is 24.4 Å². The lowest BCUT2D eigenvalue weighted by Crippen LogP contribution is -2.33. The number of hydrogen-bond donors (Lipinski definition) is 1. The molecule has 1 N–H and O–H groups in total. The molecule has 1 aliphatic rings. The SMILES string of the molecule is Cn1cc(N2CCC(Nc3ncnc4c3cnn4-c3ccccc3)C2=O)cn1. The Balaban J connectivity index is 1.43. The summed E-state index contributed by atoms with van der Waals surface area (Å²) in [5.74, 6) is 0.619. The molecular formula is C19H18N8O. The smallest absolute Gasteiger partial charge is 0.249 e. The lowest BCUT2D eigenvalue weighted by atomic mass is 10.2. The van der Waals surface area contributed by atoms with Gasteiger partial charge in [-0.1, -0.05) is 18.2 Å². The van der Waals surface area contributed by atoms with Gasteiger partial charge in [0.1, 0.15) is 18.2 Å². The van der Waals surface area contributed by atoms with E-state index in [0.717, 1.165) is 16.8 Å². The van der Waals surface area contributed by atoms with Crippen molar-refractivity contribution in [3.8, 4) is 5.69 Å². The van der Waals surface area contributed by atoms with Gasteiger partial charge >= 0.3 is 0 Å². The maximum absolute atomic E-state index is 12.8. The molecule has 0 aliphatic carbocycles. The van der Waals surface area contributed by atoms with Crippen LogP contribution in [0.3, 0.4) is 0 Å². The number of amides is 1. The molecule has 1 unspecified atom stereocenters. The number of nitrogens with one attached hydrogen (secondary N) is 1. The molecule has 9 heteroatoms. The van der Waals surface area contributed by atoms with Gasteiger partial charge in [0.05, 0.1) is 29.2 Å². The van der Waals surface area contributed by atoms with Crippen LogP contribution >= 0.6 is 0 Å². The van der Waals surface area contributed by atoms with Crippen LogP contribution in [-0.2, 0) is 11.8 Å². The topological polar surface area (TPSA) is 93.8 Å².